The SMILES string of the molecule is O=P1([O-])Oc2ccc(-c3ccccc3)cc2-c2ccccc21.[K+]. The van der Waals surface area contributed by atoms with E-state index in [1.807, 2.05) is 54.6 Å². The van der Waals surface area contributed by atoms with Crippen molar-refractivity contribution in [1.29, 1.82) is 0 Å². The summed E-state index contributed by atoms with van der Waals surface area (Å²) >= 11 is 0. The second-order valence-corrected chi connectivity index (χ2v) is 6.84. The standard InChI is InChI=1S/C18H13O3P.K/c19-22(20)18-9-5-4-8-15(18)16-12-14(10-11-17(16)21-22)13-6-2-1-3-7-13;/h1-12H,(H,19,20);/q;+1/p-1. The van der Waals surface area contributed by atoms with Crippen LogP contribution >= 0.6 is 7.60 Å². The predicted octanol–water partition coefficient (Wildman–Crippen LogP) is 0.596. The topological polar surface area (TPSA) is 49.4 Å². The van der Waals surface area contributed by atoms with Crippen molar-refractivity contribution in [2.45, 2.75) is 0 Å². The van der Waals surface area contributed by atoms with E-state index in [0.717, 1.165) is 16.7 Å². The van der Waals surface area contributed by atoms with Crippen molar-refractivity contribution in [1.82, 2.24) is 0 Å². The van der Waals surface area contributed by atoms with Crippen molar-refractivity contribution in [2.75, 3.05) is 0 Å². The van der Waals surface area contributed by atoms with E-state index >= 15 is 0 Å². The molecular weight excluding hydrogens is 334 g/mol. The molecule has 1 atom stereocenters. The largest absolute Gasteiger partial charge is 1.00 e. The van der Waals surface area contributed by atoms with E-state index in [1.54, 1.807) is 18.2 Å². The molecule has 0 amide bonds. The van der Waals surface area contributed by atoms with Gasteiger partial charge in [-0.2, -0.15) is 0 Å². The summed E-state index contributed by atoms with van der Waals surface area (Å²) in [6, 6.07) is 22.5. The minimum Gasteiger partial charge on any atom is -0.765 e. The zero-order valence-corrected chi connectivity index (χ0v) is 16.6. The molecule has 0 aromatic heterocycles. The van der Waals surface area contributed by atoms with Gasteiger partial charge in [0.2, 0.25) is 7.60 Å². The first-order valence-electron chi connectivity index (χ1n) is 6.95. The van der Waals surface area contributed by atoms with Crippen LogP contribution in [0, 0.1) is 0 Å². The van der Waals surface area contributed by atoms with Crippen LogP contribution in [0.2, 0.25) is 0 Å². The first-order valence-corrected chi connectivity index (χ1v) is 8.49. The van der Waals surface area contributed by atoms with E-state index < -0.39 is 7.60 Å². The molecule has 0 spiro atoms. The Labute approximate surface area is 177 Å². The van der Waals surface area contributed by atoms with E-state index in [9.17, 15) is 9.46 Å². The normalized spacial score (nSPS) is 18.1. The van der Waals surface area contributed by atoms with E-state index in [4.69, 9.17) is 4.52 Å². The van der Waals surface area contributed by atoms with E-state index in [2.05, 4.69) is 0 Å². The van der Waals surface area contributed by atoms with Gasteiger partial charge in [-0.15, -0.1) is 0 Å². The Hall–Kier alpha value is -0.714. The average Bonchev–Trinajstić information content (AvgIpc) is 2.55. The fourth-order valence-corrected chi connectivity index (χ4v) is 4.02. The van der Waals surface area contributed by atoms with Crippen molar-refractivity contribution in [3.05, 3.63) is 72.8 Å². The number of hydrogen-bond donors (Lipinski definition) is 0. The first-order chi connectivity index (χ1) is 10.6. The summed E-state index contributed by atoms with van der Waals surface area (Å²) in [5, 5.41) is 0.243. The average molecular weight is 346 g/mol. The van der Waals surface area contributed by atoms with Gasteiger partial charge in [-0.1, -0.05) is 54.6 Å². The molecule has 0 N–H and O–H groups in total. The summed E-state index contributed by atoms with van der Waals surface area (Å²) in [5.41, 5.74) is 3.61. The van der Waals surface area contributed by atoms with Crippen LogP contribution in [-0.4, -0.2) is 0 Å². The van der Waals surface area contributed by atoms with Crippen molar-refractivity contribution in [2.24, 2.45) is 0 Å². The van der Waals surface area contributed by atoms with Gasteiger partial charge in [0.15, 0.2) is 0 Å². The van der Waals surface area contributed by atoms with Gasteiger partial charge in [0.05, 0.1) is 0 Å². The second kappa shape index (κ2) is 6.65. The minimum absolute atomic E-state index is 0. The molecule has 3 aromatic rings. The zero-order valence-electron chi connectivity index (χ0n) is 12.6. The van der Waals surface area contributed by atoms with Crippen molar-refractivity contribution in [3.8, 4) is 28.0 Å². The monoisotopic (exact) mass is 346 g/mol. The smallest absolute Gasteiger partial charge is 0.765 e. The van der Waals surface area contributed by atoms with Crippen LogP contribution in [-0.2, 0) is 4.57 Å². The zero-order chi connectivity index (χ0) is 15.2. The summed E-state index contributed by atoms with van der Waals surface area (Å²) in [7, 11) is -4.05. The molecule has 1 aliphatic heterocycles. The fraction of sp³-hybridized carbons (Fsp3) is 0. The van der Waals surface area contributed by atoms with Gasteiger partial charge in [0.25, 0.3) is 0 Å². The van der Waals surface area contributed by atoms with Gasteiger partial charge in [-0.25, -0.2) is 0 Å². The van der Waals surface area contributed by atoms with E-state index in [1.165, 1.54) is 0 Å². The Morgan fingerprint density at radius 3 is 2.26 bits per heavy atom. The Morgan fingerprint density at radius 2 is 1.48 bits per heavy atom. The maximum absolute atomic E-state index is 12.2. The molecule has 3 nitrogen and oxygen atoms in total. The Bertz CT molecular complexity index is 909. The van der Waals surface area contributed by atoms with Crippen LogP contribution in [0.25, 0.3) is 22.3 Å². The summed E-state index contributed by atoms with van der Waals surface area (Å²) in [6.07, 6.45) is 0. The molecule has 1 aliphatic rings. The Kier molecular flexibility index (Phi) is 4.95. The van der Waals surface area contributed by atoms with Crippen molar-refractivity contribution in [3.63, 3.8) is 0 Å². The summed E-state index contributed by atoms with van der Waals surface area (Å²) in [5.74, 6) is 0.386. The predicted molar refractivity (Wildman–Crippen MR) is 85.2 cm³/mol. The molecule has 0 aliphatic carbocycles. The van der Waals surface area contributed by atoms with Gasteiger partial charge in [0, 0.05) is 10.9 Å². The molecule has 3 aromatic carbocycles. The quantitative estimate of drug-likeness (QED) is 0.479. The Balaban J connectivity index is 0.00000156. The van der Waals surface area contributed by atoms with Gasteiger partial charge < -0.3 is 9.42 Å². The maximum Gasteiger partial charge on any atom is 1.00 e. The molecule has 0 fully saturated rings. The number of hydrogen-bond acceptors (Lipinski definition) is 3. The van der Waals surface area contributed by atoms with Crippen molar-refractivity contribution < 1.29 is 65.4 Å². The number of fused-ring (bicyclic) bond motifs is 3. The summed E-state index contributed by atoms with van der Waals surface area (Å²) in [4.78, 5) is 12.2. The van der Waals surface area contributed by atoms with E-state index in [-0.39, 0.29) is 56.7 Å². The molecule has 1 heterocycles. The van der Waals surface area contributed by atoms with Gasteiger partial charge in [-0.05, 0) is 34.9 Å². The van der Waals surface area contributed by atoms with Crippen LogP contribution in [0.1, 0.15) is 0 Å². The molecule has 0 bridgehead atoms. The summed E-state index contributed by atoms with van der Waals surface area (Å²) < 4.78 is 17.4. The molecule has 0 saturated heterocycles. The van der Waals surface area contributed by atoms with E-state index in [0.29, 0.717) is 11.3 Å². The van der Waals surface area contributed by atoms with Crippen LogP contribution in [0.15, 0.2) is 72.8 Å². The molecule has 4 rings (SSSR count). The molecule has 108 valence electrons. The molecule has 1 unspecified atom stereocenters. The number of rotatable bonds is 1. The summed E-state index contributed by atoms with van der Waals surface area (Å²) in [6.45, 7) is 0. The molecule has 0 radical (unpaired) electrons. The van der Waals surface area contributed by atoms with Crippen molar-refractivity contribution >= 4 is 12.9 Å². The Morgan fingerprint density at radius 1 is 0.783 bits per heavy atom. The third-order valence-electron chi connectivity index (χ3n) is 3.79. The van der Waals surface area contributed by atoms with Gasteiger partial charge in [0.1, 0.15) is 5.75 Å². The van der Waals surface area contributed by atoms with Crippen LogP contribution < -0.4 is 66.1 Å². The second-order valence-electron chi connectivity index (χ2n) is 5.18. The molecular formula is C18H12KO3P. The van der Waals surface area contributed by atoms with Crippen LogP contribution in [0.5, 0.6) is 5.75 Å². The molecule has 23 heavy (non-hydrogen) atoms. The number of benzene rings is 3. The van der Waals surface area contributed by atoms with Crippen LogP contribution in [0.4, 0.5) is 0 Å². The molecule has 5 heteroatoms. The third-order valence-corrected chi connectivity index (χ3v) is 5.21. The van der Waals surface area contributed by atoms with Gasteiger partial charge in [-0.3, -0.25) is 4.57 Å². The minimum atomic E-state index is -4.05. The third kappa shape index (κ3) is 3.13. The first kappa shape index (κ1) is 17.1. The van der Waals surface area contributed by atoms with Crippen LogP contribution in [0.3, 0.4) is 0 Å². The molecule has 0 saturated carbocycles. The maximum atomic E-state index is 12.2. The fourth-order valence-electron chi connectivity index (χ4n) is 2.75. The van der Waals surface area contributed by atoms with Gasteiger partial charge >= 0.3 is 51.4 Å².